The van der Waals surface area contributed by atoms with Gasteiger partial charge in [-0.15, -0.1) is 0 Å². The van der Waals surface area contributed by atoms with Gasteiger partial charge in [0.1, 0.15) is 5.69 Å². The first-order valence-electron chi connectivity index (χ1n) is 7.73. The molecule has 6 nitrogen and oxygen atoms in total. The number of nitrogens with zero attached hydrogens (tertiary/aromatic N) is 2. The van der Waals surface area contributed by atoms with Crippen LogP contribution in [0.5, 0.6) is 0 Å². The fourth-order valence-electron chi connectivity index (χ4n) is 2.49. The van der Waals surface area contributed by atoms with Crippen LogP contribution >= 0.6 is 0 Å². The third-order valence-corrected chi connectivity index (χ3v) is 5.44. The summed E-state index contributed by atoms with van der Waals surface area (Å²) < 4.78 is 11.4. The second-order valence-electron chi connectivity index (χ2n) is 6.69. The number of aromatic nitrogens is 2. The highest BCUT2D eigenvalue weighted by molar-refractivity contribution is 7.85. The zero-order chi connectivity index (χ0) is 16.3. The van der Waals surface area contributed by atoms with Crippen LogP contribution in [0.15, 0.2) is 6.07 Å². The second-order valence-corrected chi connectivity index (χ2v) is 8.39. The molecule has 0 radical (unpaired) electrons. The molecule has 0 aliphatic carbocycles. The van der Waals surface area contributed by atoms with Crippen molar-refractivity contribution in [3.05, 3.63) is 17.5 Å². The molecule has 1 saturated heterocycles. The molecule has 0 bridgehead atoms. The maximum Gasteiger partial charge on any atom is 0.271 e. The molecule has 1 aliphatic rings. The first kappa shape index (κ1) is 17.1. The smallest absolute Gasteiger partial charge is 0.271 e. The number of rotatable bonds is 5. The van der Waals surface area contributed by atoms with Gasteiger partial charge in [0.05, 0.1) is 0 Å². The van der Waals surface area contributed by atoms with Gasteiger partial charge in [0.15, 0.2) is 0 Å². The fraction of sp³-hybridized carbons (Fsp3) is 0.733. The Morgan fingerprint density at radius 1 is 1.45 bits per heavy atom. The first-order valence-corrected chi connectivity index (χ1v) is 9.22. The minimum atomic E-state index is -0.683. The minimum Gasteiger partial charge on any atom is -0.349 e. The van der Waals surface area contributed by atoms with E-state index in [9.17, 15) is 9.00 Å². The number of aromatic amines is 1. The zero-order valence-electron chi connectivity index (χ0n) is 13.8. The average molecular weight is 326 g/mol. The lowest BCUT2D eigenvalue weighted by molar-refractivity contribution is 0.0878. The monoisotopic (exact) mass is 326 g/mol. The summed E-state index contributed by atoms with van der Waals surface area (Å²) in [5.41, 5.74) is 1.24. The molecule has 1 aromatic heterocycles. The zero-order valence-corrected chi connectivity index (χ0v) is 14.6. The third-order valence-electron chi connectivity index (χ3n) is 4.17. The highest BCUT2D eigenvalue weighted by Crippen LogP contribution is 2.16. The molecule has 0 saturated carbocycles. The van der Waals surface area contributed by atoms with Gasteiger partial charge in [-0.3, -0.25) is 19.0 Å². The van der Waals surface area contributed by atoms with Crippen molar-refractivity contribution in [2.45, 2.75) is 39.2 Å². The Balaban J connectivity index is 1.90. The summed E-state index contributed by atoms with van der Waals surface area (Å²) in [5.74, 6) is 1.60. The van der Waals surface area contributed by atoms with E-state index >= 15 is 0 Å². The van der Waals surface area contributed by atoms with Crippen molar-refractivity contribution >= 4 is 16.7 Å². The van der Waals surface area contributed by atoms with Crippen molar-refractivity contribution in [2.75, 3.05) is 31.1 Å². The minimum absolute atomic E-state index is 0.155. The number of carbonyl (C=O) groups excluding carboxylic acids is 1. The molecule has 1 fully saturated rings. The summed E-state index contributed by atoms with van der Waals surface area (Å²) in [6.45, 7) is 10.5. The van der Waals surface area contributed by atoms with Crippen LogP contribution in [-0.2, 0) is 10.8 Å². The topological polar surface area (TPSA) is 78.1 Å². The van der Waals surface area contributed by atoms with E-state index < -0.39 is 10.8 Å². The quantitative estimate of drug-likeness (QED) is 0.849. The molecule has 1 aliphatic heterocycles. The van der Waals surface area contributed by atoms with Crippen molar-refractivity contribution in [3.63, 3.8) is 0 Å². The Labute approximate surface area is 134 Å². The third kappa shape index (κ3) is 4.16. The lowest BCUT2D eigenvalue weighted by atomic mass is 10.0. The molecule has 0 atom stereocenters. The standard InChI is InChI=1S/C15H26N4O2S/c1-11(2)12-9-13(18-17-12)14(20)16-10-15(3,4)19-5-7-22(21)8-6-19/h9,11H,5-8,10H2,1-4H3,(H,16,20)(H,17,18). The van der Waals surface area contributed by atoms with E-state index in [-0.39, 0.29) is 11.4 Å². The predicted octanol–water partition coefficient (Wildman–Crippen LogP) is 1.11. The predicted molar refractivity (Wildman–Crippen MR) is 88.5 cm³/mol. The van der Waals surface area contributed by atoms with Gasteiger partial charge in [0.25, 0.3) is 5.91 Å². The van der Waals surface area contributed by atoms with E-state index in [0.717, 1.165) is 18.8 Å². The highest BCUT2D eigenvalue weighted by Gasteiger charge is 2.30. The molecule has 0 aromatic carbocycles. The molecule has 0 spiro atoms. The number of amides is 1. The Morgan fingerprint density at radius 2 is 2.09 bits per heavy atom. The largest absolute Gasteiger partial charge is 0.349 e. The van der Waals surface area contributed by atoms with Crippen molar-refractivity contribution in [1.82, 2.24) is 20.4 Å². The Hall–Kier alpha value is -1.21. The molecule has 2 heterocycles. The molecule has 0 unspecified atom stereocenters. The summed E-state index contributed by atoms with van der Waals surface area (Å²) >= 11 is 0. The van der Waals surface area contributed by atoms with E-state index in [0.29, 0.717) is 29.7 Å². The number of H-pyrrole nitrogens is 1. The average Bonchev–Trinajstić information content (AvgIpc) is 2.95. The van der Waals surface area contributed by atoms with Crippen molar-refractivity contribution in [2.24, 2.45) is 0 Å². The summed E-state index contributed by atoms with van der Waals surface area (Å²) in [5, 5.41) is 9.93. The molecule has 124 valence electrons. The Kier molecular flexibility index (Phi) is 5.39. The molecular formula is C15H26N4O2S. The number of hydrogen-bond donors (Lipinski definition) is 2. The molecule has 22 heavy (non-hydrogen) atoms. The SMILES string of the molecule is CC(C)c1cc(C(=O)NCC(C)(C)N2CCS(=O)CC2)n[nH]1. The van der Waals surface area contributed by atoms with E-state index in [1.165, 1.54) is 0 Å². The summed E-state index contributed by atoms with van der Waals surface area (Å²) in [4.78, 5) is 14.5. The Bertz CT molecular complexity index is 543. The van der Waals surface area contributed by atoms with Gasteiger partial charge in [-0.1, -0.05) is 13.8 Å². The summed E-state index contributed by atoms with van der Waals surface area (Å²) in [6.07, 6.45) is 0. The van der Waals surface area contributed by atoms with Gasteiger partial charge in [-0.05, 0) is 25.8 Å². The van der Waals surface area contributed by atoms with Crippen LogP contribution in [0, 0.1) is 0 Å². The fourth-order valence-corrected chi connectivity index (χ4v) is 3.54. The van der Waals surface area contributed by atoms with Crippen LogP contribution in [0.1, 0.15) is 49.8 Å². The summed E-state index contributed by atoms with van der Waals surface area (Å²) in [7, 11) is -0.683. The molecule has 1 aromatic rings. The Morgan fingerprint density at radius 3 is 2.64 bits per heavy atom. The van der Waals surface area contributed by atoms with Gasteiger partial charge in [-0.25, -0.2) is 0 Å². The lowest BCUT2D eigenvalue weighted by Crippen LogP contribution is -2.55. The molecule has 2 rings (SSSR count). The van der Waals surface area contributed by atoms with Crippen LogP contribution in [-0.4, -0.2) is 61.9 Å². The van der Waals surface area contributed by atoms with Crippen LogP contribution < -0.4 is 5.32 Å². The maximum atomic E-state index is 12.2. The molecule has 2 N–H and O–H groups in total. The first-order chi connectivity index (χ1) is 10.3. The van der Waals surface area contributed by atoms with E-state index in [2.05, 4.69) is 48.1 Å². The van der Waals surface area contributed by atoms with Crippen LogP contribution in [0.25, 0.3) is 0 Å². The van der Waals surface area contributed by atoms with Gasteiger partial charge in [0, 0.05) is 53.2 Å². The van der Waals surface area contributed by atoms with Crippen LogP contribution in [0.3, 0.4) is 0 Å². The normalized spacial score (nSPS) is 17.9. The number of nitrogens with one attached hydrogen (secondary N) is 2. The van der Waals surface area contributed by atoms with Crippen molar-refractivity contribution in [1.29, 1.82) is 0 Å². The van der Waals surface area contributed by atoms with Gasteiger partial charge in [-0.2, -0.15) is 5.10 Å². The van der Waals surface area contributed by atoms with Crippen LogP contribution in [0.4, 0.5) is 0 Å². The summed E-state index contributed by atoms with van der Waals surface area (Å²) in [6, 6.07) is 1.80. The lowest BCUT2D eigenvalue weighted by Gasteiger charge is -2.40. The van der Waals surface area contributed by atoms with Gasteiger partial charge in [0.2, 0.25) is 0 Å². The van der Waals surface area contributed by atoms with E-state index in [4.69, 9.17) is 0 Å². The van der Waals surface area contributed by atoms with Gasteiger partial charge < -0.3 is 5.32 Å². The molecule has 7 heteroatoms. The van der Waals surface area contributed by atoms with Crippen LogP contribution in [0.2, 0.25) is 0 Å². The molecule has 1 amide bonds. The van der Waals surface area contributed by atoms with Crippen molar-refractivity contribution < 1.29 is 9.00 Å². The van der Waals surface area contributed by atoms with E-state index in [1.54, 1.807) is 6.07 Å². The van der Waals surface area contributed by atoms with E-state index in [1.807, 2.05) is 0 Å². The number of hydrogen-bond acceptors (Lipinski definition) is 4. The second kappa shape index (κ2) is 6.91. The van der Waals surface area contributed by atoms with Gasteiger partial charge >= 0.3 is 0 Å². The highest BCUT2D eigenvalue weighted by atomic mass is 32.2. The van der Waals surface area contributed by atoms with Crippen molar-refractivity contribution in [3.8, 4) is 0 Å². The molecular weight excluding hydrogens is 300 g/mol. The number of carbonyl (C=O) groups is 1. The maximum absolute atomic E-state index is 12.2.